The average molecular weight is 545 g/mol. The third kappa shape index (κ3) is 6.38. The molecule has 0 aliphatic carbocycles. The molecule has 0 aromatic carbocycles. The first kappa shape index (κ1) is 30.4. The molecule has 216 valence electrons. The van der Waals surface area contributed by atoms with Crippen molar-refractivity contribution in [2.24, 2.45) is 5.73 Å². The van der Waals surface area contributed by atoms with Gasteiger partial charge in [0.15, 0.2) is 18.9 Å². The second-order valence-electron chi connectivity index (χ2n) is 9.16. The Morgan fingerprint density at radius 2 is 1.24 bits per heavy atom. The minimum absolute atomic E-state index is 0.595. The van der Waals surface area contributed by atoms with E-state index in [1.807, 2.05) is 0 Å². The second-order valence-corrected chi connectivity index (χ2v) is 9.16. The predicted octanol–water partition coefficient (Wildman–Crippen LogP) is -7.46. The summed E-state index contributed by atoms with van der Waals surface area (Å²) in [6.07, 6.45) is -20.2. The fourth-order valence-corrected chi connectivity index (χ4v) is 4.51. The molecule has 3 rings (SSSR count). The number of amides is 1. The average Bonchev–Trinajstić information content (AvgIpc) is 2.87. The molecule has 0 unspecified atom stereocenters. The van der Waals surface area contributed by atoms with E-state index < -0.39 is 118 Å². The Hall–Kier alpha value is -1.13. The number of nitrogens with two attached hydrogens (primary N) is 1. The highest BCUT2D eigenvalue weighted by Crippen LogP contribution is 2.31. The highest BCUT2D eigenvalue weighted by atomic mass is 16.7. The molecule has 17 nitrogen and oxygen atoms in total. The third-order valence-corrected chi connectivity index (χ3v) is 6.57. The van der Waals surface area contributed by atoms with Crippen LogP contribution in [-0.4, -0.2) is 164 Å². The third-order valence-electron chi connectivity index (χ3n) is 6.57. The molecule has 17 heteroatoms. The van der Waals surface area contributed by atoms with Gasteiger partial charge < -0.3 is 80.7 Å². The fourth-order valence-electron chi connectivity index (χ4n) is 4.51. The maximum absolute atomic E-state index is 11.5. The molecule has 3 aliphatic rings. The number of ether oxygens (including phenoxy) is 5. The van der Waals surface area contributed by atoms with Gasteiger partial charge in [-0.1, -0.05) is 0 Å². The number of aliphatic hydroxyl groups excluding tert-OH is 9. The Morgan fingerprint density at radius 3 is 1.81 bits per heavy atom. The lowest BCUT2D eigenvalue weighted by molar-refractivity contribution is -0.359. The molecular weight excluding hydrogens is 508 g/mol. The van der Waals surface area contributed by atoms with Gasteiger partial charge in [0.05, 0.1) is 25.9 Å². The number of rotatable bonds is 8. The number of carbonyl (C=O) groups excluding carboxylic acids is 1. The Bertz CT molecular complexity index is 747. The van der Waals surface area contributed by atoms with E-state index in [1.54, 1.807) is 0 Å². The van der Waals surface area contributed by atoms with Gasteiger partial charge in [-0.25, -0.2) is 0 Å². The first-order valence-corrected chi connectivity index (χ1v) is 11.7. The maximum Gasteiger partial charge on any atom is 0.217 e. The van der Waals surface area contributed by atoms with Crippen molar-refractivity contribution < 1.29 is 74.4 Å². The van der Waals surface area contributed by atoms with Crippen molar-refractivity contribution in [2.45, 2.75) is 98.9 Å². The van der Waals surface area contributed by atoms with Crippen molar-refractivity contribution in [1.82, 2.24) is 5.32 Å². The molecule has 3 saturated heterocycles. The van der Waals surface area contributed by atoms with Crippen LogP contribution in [-0.2, 0) is 28.5 Å². The van der Waals surface area contributed by atoms with Crippen LogP contribution < -0.4 is 11.1 Å². The van der Waals surface area contributed by atoms with Gasteiger partial charge in [0.1, 0.15) is 67.1 Å². The van der Waals surface area contributed by atoms with E-state index in [1.165, 1.54) is 0 Å². The highest BCUT2D eigenvalue weighted by Gasteiger charge is 2.53. The van der Waals surface area contributed by atoms with Crippen molar-refractivity contribution in [3.63, 3.8) is 0 Å². The summed E-state index contributed by atoms with van der Waals surface area (Å²) in [6.45, 7) is -1.07. The van der Waals surface area contributed by atoms with Crippen LogP contribution >= 0.6 is 0 Å². The summed E-state index contributed by atoms with van der Waals surface area (Å²) < 4.78 is 27.3. The lowest BCUT2D eigenvalue weighted by Gasteiger charge is -2.48. The zero-order valence-corrected chi connectivity index (χ0v) is 19.8. The van der Waals surface area contributed by atoms with E-state index in [4.69, 9.17) is 29.4 Å². The molecule has 1 amide bonds. The molecular formula is C20H36N2O15. The molecule has 0 aromatic rings. The zero-order valence-electron chi connectivity index (χ0n) is 19.8. The number of aliphatic hydroxyl groups is 9. The molecule has 3 heterocycles. The smallest absolute Gasteiger partial charge is 0.217 e. The van der Waals surface area contributed by atoms with E-state index >= 15 is 0 Å². The van der Waals surface area contributed by atoms with Gasteiger partial charge in [0, 0.05) is 6.92 Å². The highest BCUT2D eigenvalue weighted by molar-refractivity contribution is 5.73. The van der Waals surface area contributed by atoms with Crippen LogP contribution in [0.5, 0.6) is 0 Å². The van der Waals surface area contributed by atoms with Gasteiger partial charge in [-0.05, 0) is 0 Å². The van der Waals surface area contributed by atoms with Crippen LogP contribution in [0.15, 0.2) is 0 Å². The lowest BCUT2D eigenvalue weighted by atomic mass is 9.94. The quantitative estimate of drug-likeness (QED) is 0.135. The van der Waals surface area contributed by atoms with E-state index in [-0.39, 0.29) is 0 Å². The molecule has 3 aliphatic heterocycles. The summed E-state index contributed by atoms with van der Waals surface area (Å²) in [5, 5.41) is 92.9. The minimum Gasteiger partial charge on any atom is -0.394 e. The van der Waals surface area contributed by atoms with Gasteiger partial charge in [-0.2, -0.15) is 0 Å². The Morgan fingerprint density at radius 1 is 0.730 bits per heavy atom. The largest absolute Gasteiger partial charge is 0.394 e. The van der Waals surface area contributed by atoms with Crippen molar-refractivity contribution in [1.29, 1.82) is 0 Å². The van der Waals surface area contributed by atoms with E-state index in [2.05, 4.69) is 5.32 Å². The summed E-state index contributed by atoms with van der Waals surface area (Å²) in [6, 6.07) is -2.76. The minimum atomic E-state index is -1.80. The second kappa shape index (κ2) is 12.8. The first-order valence-electron chi connectivity index (χ1n) is 11.7. The molecule has 0 saturated carbocycles. The molecule has 0 bridgehead atoms. The van der Waals surface area contributed by atoms with Gasteiger partial charge >= 0.3 is 0 Å². The SMILES string of the molecule is CC(=O)N[C@@H]1[C@@H](O)[C@H](O[C@@H]2O[C@H](CO)[C@@H](O[C@@H]3O[C@H](CO)[C@@H](O)[C@H](O)[C@@H]3O)[C@H](O)[C@H]2N)[C@@H](CO)O[C@H]1O. The van der Waals surface area contributed by atoms with E-state index in [9.17, 15) is 50.8 Å². The van der Waals surface area contributed by atoms with Crippen LogP contribution in [0.1, 0.15) is 6.92 Å². The molecule has 0 spiro atoms. The number of hydrogen-bond donors (Lipinski definition) is 11. The van der Waals surface area contributed by atoms with Crippen LogP contribution in [0.25, 0.3) is 0 Å². The van der Waals surface area contributed by atoms with Crippen molar-refractivity contribution >= 4 is 5.91 Å². The van der Waals surface area contributed by atoms with Crippen LogP contribution in [0.3, 0.4) is 0 Å². The lowest BCUT2D eigenvalue weighted by Crippen LogP contribution is -2.69. The Labute approximate surface area is 210 Å². The normalized spacial score (nSPS) is 49.0. The zero-order chi connectivity index (χ0) is 27.6. The molecule has 15 atom stereocenters. The Kier molecular flexibility index (Phi) is 10.5. The number of carbonyl (C=O) groups is 1. The molecule has 0 radical (unpaired) electrons. The fraction of sp³-hybridized carbons (Fsp3) is 0.950. The maximum atomic E-state index is 11.5. The summed E-state index contributed by atoms with van der Waals surface area (Å²) in [4.78, 5) is 11.5. The summed E-state index contributed by atoms with van der Waals surface area (Å²) in [5.41, 5.74) is 6.07. The molecule has 37 heavy (non-hydrogen) atoms. The van der Waals surface area contributed by atoms with Crippen LogP contribution in [0.2, 0.25) is 0 Å². The van der Waals surface area contributed by atoms with Crippen LogP contribution in [0.4, 0.5) is 0 Å². The van der Waals surface area contributed by atoms with Gasteiger partial charge in [0.25, 0.3) is 0 Å². The topological polar surface area (TPSA) is 283 Å². The number of hydrogen-bond acceptors (Lipinski definition) is 16. The summed E-state index contributed by atoms with van der Waals surface area (Å²) in [5.74, 6) is -0.595. The molecule has 3 fully saturated rings. The molecule has 0 aromatic heterocycles. The number of nitrogens with one attached hydrogen (secondary N) is 1. The van der Waals surface area contributed by atoms with E-state index in [0.717, 1.165) is 6.92 Å². The Balaban J connectivity index is 1.74. The van der Waals surface area contributed by atoms with E-state index in [0.29, 0.717) is 0 Å². The van der Waals surface area contributed by atoms with Crippen molar-refractivity contribution in [3.8, 4) is 0 Å². The van der Waals surface area contributed by atoms with Gasteiger partial charge in [-0.3, -0.25) is 4.79 Å². The monoisotopic (exact) mass is 544 g/mol. The standard InChI is InChI=1S/C20H36N2O15/c1-5(26)22-10-13(29)17(7(3-24)33-18(10)32)36-19-9(21)12(28)16(8(4-25)35-19)37-20-15(31)14(30)11(27)6(2-23)34-20/h6-20,23-25,27-32H,2-4,21H2,1H3,(H,22,26)/t6-,7-,8-,9-,10-,11-,12-,13-,14+,15+,16-,17-,18-,19+,20+/m1/s1. The summed E-state index contributed by atoms with van der Waals surface area (Å²) in [7, 11) is 0. The van der Waals surface area contributed by atoms with Crippen LogP contribution in [0, 0.1) is 0 Å². The molecule has 12 N–H and O–H groups in total. The predicted molar refractivity (Wildman–Crippen MR) is 115 cm³/mol. The first-order chi connectivity index (χ1) is 17.4. The van der Waals surface area contributed by atoms with Gasteiger partial charge in [0.2, 0.25) is 5.91 Å². The van der Waals surface area contributed by atoms with Gasteiger partial charge in [-0.15, -0.1) is 0 Å². The van der Waals surface area contributed by atoms with Crippen molar-refractivity contribution in [3.05, 3.63) is 0 Å². The summed E-state index contributed by atoms with van der Waals surface area (Å²) >= 11 is 0. The van der Waals surface area contributed by atoms with Crippen molar-refractivity contribution in [2.75, 3.05) is 19.8 Å².